The molecular weight excluding hydrogens is 206 g/mol. The summed E-state index contributed by atoms with van der Waals surface area (Å²) in [7, 11) is 0. The van der Waals surface area contributed by atoms with Crippen LogP contribution >= 0.6 is 0 Å². The van der Waals surface area contributed by atoms with E-state index in [1.807, 2.05) is 0 Å². The number of nitrogens with one attached hydrogen (secondary N) is 1. The Hall–Kier alpha value is -0.160. The molecule has 2 fully saturated rings. The van der Waals surface area contributed by atoms with Crippen LogP contribution in [0, 0.1) is 0 Å². The van der Waals surface area contributed by atoms with Crippen LogP contribution in [0.1, 0.15) is 32.6 Å². The van der Waals surface area contributed by atoms with Crippen LogP contribution in [0.3, 0.4) is 0 Å². The van der Waals surface area contributed by atoms with Crippen molar-refractivity contribution in [2.45, 2.75) is 50.4 Å². The molecule has 3 unspecified atom stereocenters. The topological polar surface area (TPSA) is 50.7 Å². The molecule has 16 heavy (non-hydrogen) atoms. The molecule has 0 bridgehead atoms. The molecule has 0 amide bonds. The maximum absolute atomic E-state index is 10.1. The van der Waals surface area contributed by atoms with E-state index in [0.29, 0.717) is 31.9 Å². The number of rotatable bonds is 5. The summed E-state index contributed by atoms with van der Waals surface area (Å²) >= 11 is 0. The van der Waals surface area contributed by atoms with Crippen molar-refractivity contribution in [2.75, 3.05) is 26.4 Å². The largest absolute Gasteiger partial charge is 0.386 e. The summed E-state index contributed by atoms with van der Waals surface area (Å²) in [6, 6.07) is 0.396. The minimum Gasteiger partial charge on any atom is -0.386 e. The SMILES string of the molecule is CC(CC1CCCO1)NCC1(O)CCOC1. The Morgan fingerprint density at radius 3 is 3.00 bits per heavy atom. The molecule has 2 aliphatic rings. The fraction of sp³-hybridized carbons (Fsp3) is 1.00. The van der Waals surface area contributed by atoms with Crippen molar-refractivity contribution in [1.29, 1.82) is 0 Å². The molecule has 2 heterocycles. The average molecular weight is 229 g/mol. The van der Waals surface area contributed by atoms with E-state index in [2.05, 4.69) is 12.2 Å². The van der Waals surface area contributed by atoms with Crippen LogP contribution in [0.2, 0.25) is 0 Å². The van der Waals surface area contributed by atoms with Gasteiger partial charge in [0.15, 0.2) is 0 Å². The van der Waals surface area contributed by atoms with Gasteiger partial charge in [-0.1, -0.05) is 0 Å². The normalized spacial score (nSPS) is 36.8. The summed E-state index contributed by atoms with van der Waals surface area (Å²) in [5.41, 5.74) is -0.648. The second kappa shape index (κ2) is 5.45. The molecular formula is C12H23NO3. The maximum atomic E-state index is 10.1. The van der Waals surface area contributed by atoms with Crippen LogP contribution in [-0.4, -0.2) is 49.2 Å². The van der Waals surface area contributed by atoms with Gasteiger partial charge in [-0.2, -0.15) is 0 Å². The van der Waals surface area contributed by atoms with Gasteiger partial charge in [-0.25, -0.2) is 0 Å². The minimum atomic E-state index is -0.648. The Kier molecular flexibility index (Phi) is 4.19. The third-order valence-corrected chi connectivity index (χ3v) is 3.50. The highest BCUT2D eigenvalue weighted by Crippen LogP contribution is 2.19. The summed E-state index contributed by atoms with van der Waals surface area (Å²) in [5.74, 6) is 0. The van der Waals surface area contributed by atoms with Gasteiger partial charge in [0.05, 0.1) is 12.7 Å². The summed E-state index contributed by atoms with van der Waals surface area (Å²) in [6.45, 7) is 4.84. The van der Waals surface area contributed by atoms with Crippen molar-refractivity contribution in [3.05, 3.63) is 0 Å². The second-order valence-corrected chi connectivity index (χ2v) is 5.18. The molecule has 2 N–H and O–H groups in total. The Bertz CT molecular complexity index is 210. The van der Waals surface area contributed by atoms with Crippen molar-refractivity contribution in [3.63, 3.8) is 0 Å². The lowest BCUT2D eigenvalue weighted by Gasteiger charge is -2.25. The maximum Gasteiger partial charge on any atom is 0.102 e. The highest BCUT2D eigenvalue weighted by molar-refractivity contribution is 4.86. The van der Waals surface area contributed by atoms with Crippen LogP contribution in [-0.2, 0) is 9.47 Å². The van der Waals surface area contributed by atoms with E-state index in [9.17, 15) is 5.11 Å². The zero-order valence-corrected chi connectivity index (χ0v) is 10.1. The zero-order valence-electron chi connectivity index (χ0n) is 10.1. The Balaban J connectivity index is 1.64. The predicted molar refractivity (Wildman–Crippen MR) is 61.4 cm³/mol. The monoisotopic (exact) mass is 229 g/mol. The van der Waals surface area contributed by atoms with Crippen molar-refractivity contribution in [3.8, 4) is 0 Å². The van der Waals surface area contributed by atoms with Gasteiger partial charge in [0.25, 0.3) is 0 Å². The Morgan fingerprint density at radius 2 is 2.38 bits per heavy atom. The molecule has 0 aliphatic carbocycles. The molecule has 4 nitrogen and oxygen atoms in total. The van der Waals surface area contributed by atoms with Crippen LogP contribution in [0.4, 0.5) is 0 Å². The zero-order chi connectivity index (χ0) is 11.4. The van der Waals surface area contributed by atoms with Gasteiger partial charge in [0.1, 0.15) is 5.60 Å². The van der Waals surface area contributed by atoms with Crippen molar-refractivity contribution in [2.24, 2.45) is 0 Å². The molecule has 94 valence electrons. The van der Waals surface area contributed by atoms with E-state index in [0.717, 1.165) is 19.4 Å². The first-order chi connectivity index (χ1) is 7.68. The standard InChI is InChI=1S/C12H23NO3/c1-10(7-11-3-2-5-16-11)13-8-12(14)4-6-15-9-12/h10-11,13-14H,2-9H2,1H3. The Labute approximate surface area is 97.3 Å². The lowest BCUT2D eigenvalue weighted by atomic mass is 10.0. The van der Waals surface area contributed by atoms with Crippen LogP contribution < -0.4 is 5.32 Å². The first kappa shape index (κ1) is 12.3. The van der Waals surface area contributed by atoms with E-state index in [1.54, 1.807) is 0 Å². The number of ether oxygens (including phenoxy) is 2. The van der Waals surface area contributed by atoms with Gasteiger partial charge in [-0.3, -0.25) is 0 Å². The molecule has 2 saturated heterocycles. The second-order valence-electron chi connectivity index (χ2n) is 5.18. The van der Waals surface area contributed by atoms with Crippen molar-refractivity contribution < 1.29 is 14.6 Å². The molecule has 0 saturated carbocycles. The van der Waals surface area contributed by atoms with E-state index in [1.165, 1.54) is 12.8 Å². The highest BCUT2D eigenvalue weighted by atomic mass is 16.5. The summed E-state index contributed by atoms with van der Waals surface area (Å²) in [5, 5.41) is 13.5. The smallest absolute Gasteiger partial charge is 0.102 e. The molecule has 0 radical (unpaired) electrons. The molecule has 4 heteroatoms. The van der Waals surface area contributed by atoms with Gasteiger partial charge in [-0.15, -0.1) is 0 Å². The van der Waals surface area contributed by atoms with Crippen LogP contribution in [0.5, 0.6) is 0 Å². The first-order valence-electron chi connectivity index (χ1n) is 6.33. The van der Waals surface area contributed by atoms with Crippen LogP contribution in [0.15, 0.2) is 0 Å². The predicted octanol–water partition coefficient (Wildman–Crippen LogP) is 0.685. The quantitative estimate of drug-likeness (QED) is 0.728. The molecule has 0 aromatic carbocycles. The highest BCUT2D eigenvalue weighted by Gasteiger charge is 2.32. The third-order valence-electron chi connectivity index (χ3n) is 3.50. The number of hydrogen-bond acceptors (Lipinski definition) is 4. The fourth-order valence-electron chi connectivity index (χ4n) is 2.41. The molecule has 3 atom stereocenters. The average Bonchev–Trinajstić information content (AvgIpc) is 2.88. The van der Waals surface area contributed by atoms with Crippen molar-refractivity contribution >= 4 is 0 Å². The summed E-state index contributed by atoms with van der Waals surface area (Å²) < 4.78 is 10.8. The third kappa shape index (κ3) is 3.42. The van der Waals surface area contributed by atoms with Crippen LogP contribution in [0.25, 0.3) is 0 Å². The molecule has 0 aromatic rings. The summed E-state index contributed by atoms with van der Waals surface area (Å²) in [6.07, 6.45) is 4.56. The molecule has 0 spiro atoms. The van der Waals surface area contributed by atoms with Gasteiger partial charge >= 0.3 is 0 Å². The van der Waals surface area contributed by atoms with Gasteiger partial charge < -0.3 is 19.9 Å². The van der Waals surface area contributed by atoms with E-state index < -0.39 is 5.60 Å². The lowest BCUT2D eigenvalue weighted by Crippen LogP contribution is -2.44. The lowest BCUT2D eigenvalue weighted by molar-refractivity contribution is 0.0227. The van der Waals surface area contributed by atoms with Gasteiger partial charge in [-0.05, 0) is 26.2 Å². The van der Waals surface area contributed by atoms with Gasteiger partial charge in [0.2, 0.25) is 0 Å². The summed E-state index contributed by atoms with van der Waals surface area (Å²) in [4.78, 5) is 0. The minimum absolute atomic E-state index is 0.396. The number of hydrogen-bond donors (Lipinski definition) is 2. The first-order valence-corrected chi connectivity index (χ1v) is 6.33. The van der Waals surface area contributed by atoms with Gasteiger partial charge in [0, 0.05) is 32.2 Å². The van der Waals surface area contributed by atoms with E-state index in [-0.39, 0.29) is 0 Å². The van der Waals surface area contributed by atoms with E-state index in [4.69, 9.17) is 9.47 Å². The molecule has 2 rings (SSSR count). The number of aliphatic hydroxyl groups is 1. The van der Waals surface area contributed by atoms with E-state index >= 15 is 0 Å². The van der Waals surface area contributed by atoms with Crippen molar-refractivity contribution in [1.82, 2.24) is 5.32 Å². The Morgan fingerprint density at radius 1 is 1.50 bits per heavy atom. The fourth-order valence-corrected chi connectivity index (χ4v) is 2.41. The molecule has 0 aromatic heterocycles. The molecule has 2 aliphatic heterocycles.